The summed E-state index contributed by atoms with van der Waals surface area (Å²) in [6, 6.07) is 0.297. The molecule has 0 bridgehead atoms. The zero-order valence-corrected chi connectivity index (χ0v) is 8.14. The lowest BCUT2D eigenvalue weighted by Gasteiger charge is -2.23. The third-order valence-electron chi connectivity index (χ3n) is 2.10. The lowest BCUT2D eigenvalue weighted by molar-refractivity contribution is 0.140. The van der Waals surface area contributed by atoms with E-state index in [1.807, 2.05) is 6.92 Å². The summed E-state index contributed by atoms with van der Waals surface area (Å²) < 4.78 is 4.92. The van der Waals surface area contributed by atoms with Gasteiger partial charge in [-0.05, 0) is 32.4 Å². The van der Waals surface area contributed by atoms with E-state index in [1.54, 1.807) is 0 Å². The van der Waals surface area contributed by atoms with Gasteiger partial charge < -0.3 is 15.4 Å². The summed E-state index contributed by atoms with van der Waals surface area (Å²) in [5.74, 6) is 0. The van der Waals surface area contributed by atoms with Crippen LogP contribution < -0.4 is 10.6 Å². The molecule has 1 amide bonds. The summed E-state index contributed by atoms with van der Waals surface area (Å²) in [7, 11) is 0. The number of hydrogen-bond donors (Lipinski definition) is 2. The summed E-state index contributed by atoms with van der Waals surface area (Å²) in [5.41, 5.74) is 0. The van der Waals surface area contributed by atoms with Crippen LogP contribution in [-0.2, 0) is 4.74 Å². The van der Waals surface area contributed by atoms with Gasteiger partial charge in [-0.25, -0.2) is 4.79 Å². The highest BCUT2D eigenvalue weighted by Gasteiger charge is 2.15. The molecule has 1 fully saturated rings. The van der Waals surface area contributed by atoms with Crippen molar-refractivity contribution < 1.29 is 9.53 Å². The topological polar surface area (TPSA) is 50.4 Å². The van der Waals surface area contributed by atoms with Crippen LogP contribution in [0.15, 0.2) is 0 Å². The molecule has 13 heavy (non-hydrogen) atoms. The molecule has 1 heterocycles. The molecule has 0 unspecified atom stereocenters. The van der Waals surface area contributed by atoms with Crippen molar-refractivity contribution in [2.24, 2.45) is 0 Å². The summed E-state index contributed by atoms with van der Waals surface area (Å²) in [5, 5.41) is 6.09. The van der Waals surface area contributed by atoms with Gasteiger partial charge in [0.05, 0.1) is 6.61 Å². The Hall–Kier alpha value is -0.770. The number of carbonyl (C=O) groups excluding carboxylic acids is 1. The van der Waals surface area contributed by atoms with E-state index in [0.29, 0.717) is 12.6 Å². The molecule has 76 valence electrons. The maximum Gasteiger partial charge on any atom is 0.407 e. The van der Waals surface area contributed by atoms with Crippen LogP contribution in [0.25, 0.3) is 0 Å². The SMILES string of the molecule is CCCOC(=O)NC1CCNCC1. The van der Waals surface area contributed by atoms with Crippen LogP contribution in [0.2, 0.25) is 0 Å². The Bertz CT molecular complexity index is 156. The van der Waals surface area contributed by atoms with Gasteiger partial charge in [-0.1, -0.05) is 6.92 Å². The van der Waals surface area contributed by atoms with Crippen molar-refractivity contribution in [3.8, 4) is 0 Å². The number of carbonyl (C=O) groups is 1. The minimum Gasteiger partial charge on any atom is -0.450 e. The van der Waals surface area contributed by atoms with Gasteiger partial charge in [0, 0.05) is 6.04 Å². The molecular formula is C9H18N2O2. The van der Waals surface area contributed by atoms with Crippen molar-refractivity contribution in [2.75, 3.05) is 19.7 Å². The first kappa shape index (κ1) is 10.3. The quantitative estimate of drug-likeness (QED) is 0.687. The largest absolute Gasteiger partial charge is 0.450 e. The summed E-state index contributed by atoms with van der Waals surface area (Å²) in [4.78, 5) is 11.1. The van der Waals surface area contributed by atoms with Crippen molar-refractivity contribution in [3.05, 3.63) is 0 Å². The molecule has 0 saturated carbocycles. The normalized spacial score (nSPS) is 18.2. The Morgan fingerprint density at radius 3 is 2.85 bits per heavy atom. The van der Waals surface area contributed by atoms with E-state index < -0.39 is 0 Å². The van der Waals surface area contributed by atoms with Gasteiger partial charge in [0.1, 0.15) is 0 Å². The van der Waals surface area contributed by atoms with Crippen LogP contribution in [0.1, 0.15) is 26.2 Å². The van der Waals surface area contributed by atoms with E-state index in [1.165, 1.54) is 0 Å². The van der Waals surface area contributed by atoms with Gasteiger partial charge in [0.2, 0.25) is 0 Å². The summed E-state index contributed by atoms with van der Waals surface area (Å²) in [6.45, 7) is 4.46. The van der Waals surface area contributed by atoms with Gasteiger partial charge in [-0.3, -0.25) is 0 Å². The molecule has 0 aromatic carbocycles. The Balaban J connectivity index is 2.11. The standard InChI is InChI=1S/C9H18N2O2/c1-2-7-13-9(12)11-8-3-5-10-6-4-8/h8,10H,2-7H2,1H3,(H,11,12). The maximum absolute atomic E-state index is 11.1. The van der Waals surface area contributed by atoms with E-state index in [9.17, 15) is 4.79 Å². The van der Waals surface area contributed by atoms with E-state index in [-0.39, 0.29) is 6.09 Å². The molecule has 0 radical (unpaired) electrons. The van der Waals surface area contributed by atoms with E-state index in [2.05, 4.69) is 10.6 Å². The third-order valence-corrected chi connectivity index (χ3v) is 2.10. The van der Waals surface area contributed by atoms with E-state index >= 15 is 0 Å². The Morgan fingerprint density at radius 1 is 1.54 bits per heavy atom. The number of nitrogens with one attached hydrogen (secondary N) is 2. The molecule has 4 heteroatoms. The van der Waals surface area contributed by atoms with E-state index in [4.69, 9.17) is 4.74 Å². The average Bonchev–Trinajstić information content (AvgIpc) is 2.16. The fourth-order valence-corrected chi connectivity index (χ4v) is 1.37. The van der Waals surface area contributed by atoms with E-state index in [0.717, 1.165) is 32.4 Å². The van der Waals surface area contributed by atoms with Crippen LogP contribution in [0.3, 0.4) is 0 Å². The molecule has 0 aromatic heterocycles. The van der Waals surface area contributed by atoms with Crippen molar-refractivity contribution in [3.63, 3.8) is 0 Å². The van der Waals surface area contributed by atoms with Gasteiger partial charge in [0.25, 0.3) is 0 Å². The molecular weight excluding hydrogens is 168 g/mol. The molecule has 0 aliphatic carbocycles. The van der Waals surface area contributed by atoms with Gasteiger partial charge in [-0.2, -0.15) is 0 Å². The van der Waals surface area contributed by atoms with Crippen molar-refractivity contribution in [1.29, 1.82) is 0 Å². The Kier molecular flexibility index (Phi) is 4.60. The fraction of sp³-hybridized carbons (Fsp3) is 0.889. The molecule has 0 spiro atoms. The molecule has 1 aliphatic heterocycles. The number of ether oxygens (including phenoxy) is 1. The molecule has 1 aliphatic rings. The summed E-state index contributed by atoms with van der Waals surface area (Å²) in [6.07, 6.45) is 2.61. The van der Waals surface area contributed by atoms with Gasteiger partial charge in [0.15, 0.2) is 0 Å². The predicted molar refractivity (Wildman–Crippen MR) is 50.7 cm³/mol. The minimum atomic E-state index is -0.270. The number of alkyl carbamates (subject to hydrolysis) is 1. The number of piperidine rings is 1. The van der Waals surface area contributed by atoms with Crippen LogP contribution in [0, 0.1) is 0 Å². The first-order valence-electron chi connectivity index (χ1n) is 4.97. The monoisotopic (exact) mass is 186 g/mol. The van der Waals surface area contributed by atoms with Gasteiger partial charge in [-0.15, -0.1) is 0 Å². The molecule has 0 aromatic rings. The second-order valence-electron chi connectivity index (χ2n) is 3.30. The number of rotatable bonds is 3. The smallest absolute Gasteiger partial charge is 0.407 e. The maximum atomic E-state index is 11.1. The van der Waals surface area contributed by atoms with Crippen LogP contribution in [0.4, 0.5) is 4.79 Å². The van der Waals surface area contributed by atoms with Crippen LogP contribution >= 0.6 is 0 Å². The highest BCUT2D eigenvalue weighted by Crippen LogP contribution is 2.01. The molecule has 0 atom stereocenters. The second kappa shape index (κ2) is 5.80. The van der Waals surface area contributed by atoms with Crippen LogP contribution in [0.5, 0.6) is 0 Å². The second-order valence-corrected chi connectivity index (χ2v) is 3.30. The Morgan fingerprint density at radius 2 is 2.23 bits per heavy atom. The van der Waals surface area contributed by atoms with Crippen LogP contribution in [-0.4, -0.2) is 31.8 Å². The highest BCUT2D eigenvalue weighted by molar-refractivity contribution is 5.67. The van der Waals surface area contributed by atoms with Crippen molar-refractivity contribution in [1.82, 2.24) is 10.6 Å². The predicted octanol–water partition coefficient (Wildman–Crippen LogP) is 0.875. The first-order chi connectivity index (χ1) is 6.33. The molecule has 2 N–H and O–H groups in total. The highest BCUT2D eigenvalue weighted by atomic mass is 16.5. The molecule has 1 saturated heterocycles. The fourth-order valence-electron chi connectivity index (χ4n) is 1.37. The van der Waals surface area contributed by atoms with Gasteiger partial charge >= 0.3 is 6.09 Å². The lowest BCUT2D eigenvalue weighted by atomic mass is 10.1. The lowest BCUT2D eigenvalue weighted by Crippen LogP contribution is -2.42. The third kappa shape index (κ3) is 4.12. The number of hydrogen-bond acceptors (Lipinski definition) is 3. The first-order valence-corrected chi connectivity index (χ1v) is 4.97. The minimum absolute atomic E-state index is 0.270. The zero-order chi connectivity index (χ0) is 9.52. The number of amides is 1. The summed E-state index contributed by atoms with van der Waals surface area (Å²) >= 11 is 0. The Labute approximate surface area is 79.0 Å². The molecule has 4 nitrogen and oxygen atoms in total. The average molecular weight is 186 g/mol. The molecule has 1 rings (SSSR count). The van der Waals surface area contributed by atoms with Crippen molar-refractivity contribution >= 4 is 6.09 Å². The van der Waals surface area contributed by atoms with Crippen molar-refractivity contribution in [2.45, 2.75) is 32.2 Å². The zero-order valence-electron chi connectivity index (χ0n) is 8.14.